The smallest absolute Gasteiger partial charge is 0.408 e. The number of rotatable bonds is 12. The molecule has 2 amide bonds. The average Bonchev–Trinajstić information content (AvgIpc) is 2.75. The number of aryl methyl sites for hydroxylation is 1. The molecule has 13 heteroatoms. The molecule has 5 N–H and O–H groups in total. The quantitative estimate of drug-likeness (QED) is 0.178. The van der Waals surface area contributed by atoms with Gasteiger partial charge in [0.1, 0.15) is 23.7 Å². The van der Waals surface area contributed by atoms with Crippen LogP contribution in [0, 0.1) is 20.8 Å². The van der Waals surface area contributed by atoms with E-state index in [9.17, 15) is 18.0 Å². The first-order valence-corrected chi connectivity index (χ1v) is 13.0. The lowest BCUT2D eigenvalue weighted by Crippen LogP contribution is -2.52. The summed E-state index contributed by atoms with van der Waals surface area (Å²) in [5, 5.41) is 6.44. The summed E-state index contributed by atoms with van der Waals surface area (Å²) in [4.78, 5) is 29.8. The summed E-state index contributed by atoms with van der Waals surface area (Å²) in [6, 6.07) is 0.758. The summed E-state index contributed by atoms with van der Waals surface area (Å²) in [5.74, 6) is 0.142. The van der Waals surface area contributed by atoms with Gasteiger partial charge in [0.25, 0.3) is 5.91 Å². The number of benzene rings is 1. The van der Waals surface area contributed by atoms with Gasteiger partial charge in [0, 0.05) is 7.05 Å². The number of carbonyl (C=O) groups excluding carboxylic acids is 2. The highest BCUT2D eigenvalue weighted by Gasteiger charge is 2.27. The van der Waals surface area contributed by atoms with Gasteiger partial charge < -0.3 is 20.5 Å². The third-order valence-corrected chi connectivity index (χ3v) is 7.09. The Morgan fingerprint density at radius 3 is 2.28 bits per heavy atom. The van der Waals surface area contributed by atoms with Gasteiger partial charge in [-0.2, -0.15) is 4.72 Å². The van der Waals surface area contributed by atoms with Crippen molar-refractivity contribution in [2.45, 2.75) is 77.2 Å². The molecule has 0 spiro atoms. The second-order valence-corrected chi connectivity index (χ2v) is 11.0. The van der Waals surface area contributed by atoms with Crippen molar-refractivity contribution in [3.8, 4) is 5.75 Å². The van der Waals surface area contributed by atoms with E-state index < -0.39 is 40.0 Å². The minimum Gasteiger partial charge on any atom is -0.496 e. The Labute approximate surface area is 214 Å². The van der Waals surface area contributed by atoms with Crippen molar-refractivity contribution in [1.29, 1.82) is 0 Å². The Balaban J connectivity index is 2.78. The second-order valence-electron chi connectivity index (χ2n) is 9.39. The summed E-state index contributed by atoms with van der Waals surface area (Å²) in [7, 11) is 0.369. The summed E-state index contributed by atoms with van der Waals surface area (Å²) >= 11 is 0. The standard InChI is InChI=1S/C23H41N5O7S/c1-14-13-18(33-8)15(2)16(3)19(14)36(31,32)27-21(24)25-12-10-11-17(20(29)28(7)34-9)26-22(30)35-23(4,5)6/h13,17,21,25,27H,10-12,24H2,1-9H3,(H,26,30)/t17-,21?/m0/s1. The zero-order valence-corrected chi connectivity index (χ0v) is 23.5. The zero-order valence-electron chi connectivity index (χ0n) is 22.6. The molecular formula is C23H41N5O7S. The van der Waals surface area contributed by atoms with E-state index in [4.69, 9.17) is 20.0 Å². The topological polar surface area (TPSA) is 161 Å². The number of alkyl carbamates (subject to hydrolysis) is 1. The van der Waals surface area contributed by atoms with Gasteiger partial charge in [-0.1, -0.05) is 0 Å². The van der Waals surface area contributed by atoms with Crippen molar-refractivity contribution in [3.63, 3.8) is 0 Å². The van der Waals surface area contributed by atoms with E-state index in [0.29, 0.717) is 23.3 Å². The van der Waals surface area contributed by atoms with E-state index >= 15 is 0 Å². The number of nitrogens with two attached hydrogens (primary N) is 1. The number of ether oxygens (including phenoxy) is 2. The second kappa shape index (κ2) is 13.2. The number of hydrogen-bond acceptors (Lipinski definition) is 9. The van der Waals surface area contributed by atoms with Gasteiger partial charge in [0.05, 0.1) is 19.1 Å². The van der Waals surface area contributed by atoms with Gasteiger partial charge in [-0.3, -0.25) is 14.9 Å². The number of hydrogen-bond donors (Lipinski definition) is 4. The molecule has 1 aromatic carbocycles. The Bertz CT molecular complexity index is 1020. The summed E-state index contributed by atoms with van der Waals surface area (Å²) in [5.41, 5.74) is 7.08. The van der Waals surface area contributed by atoms with Crippen LogP contribution in [-0.2, 0) is 24.4 Å². The first kappa shape index (κ1) is 31.6. The van der Waals surface area contributed by atoms with E-state index in [2.05, 4.69) is 15.4 Å². The molecule has 0 radical (unpaired) electrons. The molecular weight excluding hydrogens is 490 g/mol. The zero-order chi connectivity index (χ0) is 27.8. The fourth-order valence-corrected chi connectivity index (χ4v) is 5.07. The fourth-order valence-electron chi connectivity index (χ4n) is 3.49. The highest BCUT2D eigenvalue weighted by atomic mass is 32.2. The third-order valence-electron chi connectivity index (χ3n) is 5.36. The van der Waals surface area contributed by atoms with Crippen molar-refractivity contribution in [2.24, 2.45) is 5.73 Å². The molecule has 1 rings (SSSR count). The van der Waals surface area contributed by atoms with Crippen LogP contribution in [0.4, 0.5) is 4.79 Å². The lowest BCUT2D eigenvalue weighted by molar-refractivity contribution is -0.171. The molecule has 0 aliphatic carbocycles. The number of nitrogens with zero attached hydrogens (tertiary/aromatic N) is 1. The fraction of sp³-hybridized carbons (Fsp3) is 0.652. The molecule has 12 nitrogen and oxygen atoms in total. The predicted octanol–water partition coefficient (Wildman–Crippen LogP) is 1.42. The molecule has 0 saturated heterocycles. The van der Waals surface area contributed by atoms with Gasteiger partial charge in [0.15, 0.2) is 0 Å². The third kappa shape index (κ3) is 9.21. The molecule has 0 bridgehead atoms. The normalized spacial score (nSPS) is 13.6. The number of nitrogens with one attached hydrogen (secondary N) is 3. The average molecular weight is 532 g/mol. The Morgan fingerprint density at radius 1 is 1.14 bits per heavy atom. The lowest BCUT2D eigenvalue weighted by atomic mass is 10.1. The van der Waals surface area contributed by atoms with Crippen LogP contribution in [0.2, 0.25) is 0 Å². The molecule has 0 heterocycles. The largest absolute Gasteiger partial charge is 0.496 e. The van der Waals surface area contributed by atoms with E-state index in [1.165, 1.54) is 21.3 Å². The molecule has 0 aliphatic rings. The van der Waals surface area contributed by atoms with Crippen LogP contribution in [0.15, 0.2) is 11.0 Å². The molecule has 0 saturated carbocycles. The summed E-state index contributed by atoms with van der Waals surface area (Å²) < 4.78 is 39.0. The lowest BCUT2D eigenvalue weighted by Gasteiger charge is -2.25. The van der Waals surface area contributed by atoms with E-state index in [-0.39, 0.29) is 17.9 Å². The number of hydroxylamine groups is 2. The van der Waals surface area contributed by atoms with Crippen LogP contribution in [0.5, 0.6) is 5.75 Å². The number of sulfonamides is 1. The molecule has 0 aromatic heterocycles. The summed E-state index contributed by atoms with van der Waals surface area (Å²) in [6.45, 7) is 10.6. The van der Waals surface area contributed by atoms with Crippen LogP contribution in [0.3, 0.4) is 0 Å². The van der Waals surface area contributed by atoms with Crippen LogP contribution in [-0.4, -0.2) is 71.2 Å². The molecule has 2 atom stereocenters. The van der Waals surface area contributed by atoms with Crippen molar-refractivity contribution < 1.29 is 32.3 Å². The first-order chi connectivity index (χ1) is 16.5. The van der Waals surface area contributed by atoms with E-state index in [0.717, 1.165) is 10.6 Å². The minimum atomic E-state index is -3.93. The van der Waals surface area contributed by atoms with Crippen LogP contribution in [0.1, 0.15) is 50.3 Å². The van der Waals surface area contributed by atoms with Gasteiger partial charge in [-0.15, -0.1) is 0 Å². The van der Waals surface area contributed by atoms with Gasteiger partial charge >= 0.3 is 6.09 Å². The SMILES string of the molecule is COc1cc(C)c(S(=O)(=O)NC(N)NCCC[C@H](NC(=O)OC(C)(C)C)C(=O)N(C)OC)c(C)c1C. The number of carbonyl (C=O) groups is 2. The highest BCUT2D eigenvalue weighted by Crippen LogP contribution is 2.30. The van der Waals surface area contributed by atoms with Crippen molar-refractivity contribution in [3.05, 3.63) is 22.8 Å². The molecule has 0 aliphatic heterocycles. The minimum absolute atomic E-state index is 0.146. The first-order valence-electron chi connectivity index (χ1n) is 11.5. The number of likely N-dealkylation sites (N-methyl/N-ethyl adjacent to an activating group) is 1. The molecule has 1 aromatic rings. The number of amides is 2. The van der Waals surface area contributed by atoms with Crippen molar-refractivity contribution in [2.75, 3.05) is 27.8 Å². The Kier molecular flexibility index (Phi) is 11.6. The maximum absolute atomic E-state index is 13.0. The summed E-state index contributed by atoms with van der Waals surface area (Å²) in [6.07, 6.45) is -1.19. The highest BCUT2D eigenvalue weighted by molar-refractivity contribution is 7.89. The maximum Gasteiger partial charge on any atom is 0.408 e. The molecule has 1 unspecified atom stereocenters. The van der Waals surface area contributed by atoms with E-state index in [1.807, 2.05) is 0 Å². The molecule has 36 heavy (non-hydrogen) atoms. The predicted molar refractivity (Wildman–Crippen MR) is 136 cm³/mol. The monoisotopic (exact) mass is 531 g/mol. The Morgan fingerprint density at radius 2 is 1.75 bits per heavy atom. The number of methoxy groups -OCH3 is 1. The van der Waals surface area contributed by atoms with Gasteiger partial charge in [-0.25, -0.2) is 18.3 Å². The van der Waals surface area contributed by atoms with Crippen molar-refractivity contribution >= 4 is 22.0 Å². The van der Waals surface area contributed by atoms with Crippen molar-refractivity contribution in [1.82, 2.24) is 20.4 Å². The van der Waals surface area contributed by atoms with Crippen LogP contribution < -0.4 is 25.8 Å². The molecule has 206 valence electrons. The Hall–Kier alpha value is -2.45. The van der Waals surface area contributed by atoms with Crippen LogP contribution in [0.25, 0.3) is 0 Å². The van der Waals surface area contributed by atoms with Gasteiger partial charge in [-0.05, 0) is 83.7 Å². The maximum atomic E-state index is 13.0. The molecule has 0 fully saturated rings. The van der Waals surface area contributed by atoms with Crippen LogP contribution >= 0.6 is 0 Å². The van der Waals surface area contributed by atoms with E-state index in [1.54, 1.807) is 47.6 Å². The van der Waals surface area contributed by atoms with Gasteiger partial charge in [0.2, 0.25) is 10.0 Å².